The molecule has 1 aliphatic rings. The standard InChI is InChI=1S/C29H41N3O6S/c1-21(2)38-19-5-18-30-29(34)22(3)32(20-24-6-13-26(37-4)14-7-24)28(33)17-10-23-8-15-27(16-9-23)39(35,36)31-25-11-12-25/h6-9,13-16,21-22,25,31H,5,10-12,17-20H2,1-4H3,(H,30,34). The number of hydrogen-bond donors (Lipinski definition) is 2. The Bertz CT molecular complexity index is 1180. The van der Waals surface area contributed by atoms with E-state index in [1.807, 2.05) is 38.1 Å². The zero-order chi connectivity index (χ0) is 28.4. The van der Waals surface area contributed by atoms with Crippen molar-refractivity contribution >= 4 is 21.8 Å². The monoisotopic (exact) mass is 559 g/mol. The van der Waals surface area contributed by atoms with Gasteiger partial charge in [-0.2, -0.15) is 0 Å². The van der Waals surface area contributed by atoms with E-state index in [4.69, 9.17) is 9.47 Å². The van der Waals surface area contributed by atoms with E-state index in [1.54, 1.807) is 43.2 Å². The van der Waals surface area contributed by atoms with Crippen LogP contribution in [0.3, 0.4) is 0 Å². The summed E-state index contributed by atoms with van der Waals surface area (Å²) in [5, 5.41) is 2.91. The molecule has 39 heavy (non-hydrogen) atoms. The van der Waals surface area contributed by atoms with Gasteiger partial charge in [0.05, 0.1) is 18.1 Å². The summed E-state index contributed by atoms with van der Waals surface area (Å²) < 4.78 is 38.3. The van der Waals surface area contributed by atoms with Crippen LogP contribution in [0.1, 0.15) is 57.6 Å². The van der Waals surface area contributed by atoms with Gasteiger partial charge in [-0.3, -0.25) is 9.59 Å². The molecule has 0 bridgehead atoms. The largest absolute Gasteiger partial charge is 0.497 e. The van der Waals surface area contributed by atoms with Crippen LogP contribution in [-0.4, -0.2) is 63.6 Å². The molecular weight excluding hydrogens is 518 g/mol. The third-order valence-corrected chi connectivity index (χ3v) is 8.05. The van der Waals surface area contributed by atoms with Gasteiger partial charge in [-0.15, -0.1) is 0 Å². The number of carbonyl (C=O) groups is 2. The lowest BCUT2D eigenvalue weighted by molar-refractivity contribution is -0.140. The lowest BCUT2D eigenvalue weighted by atomic mass is 10.1. The molecule has 1 fully saturated rings. The summed E-state index contributed by atoms with van der Waals surface area (Å²) in [6.07, 6.45) is 3.17. The summed E-state index contributed by atoms with van der Waals surface area (Å²) >= 11 is 0. The highest BCUT2D eigenvalue weighted by Gasteiger charge is 2.28. The van der Waals surface area contributed by atoms with Crippen molar-refractivity contribution in [2.75, 3.05) is 20.3 Å². The molecule has 0 radical (unpaired) electrons. The van der Waals surface area contributed by atoms with Gasteiger partial charge in [0.1, 0.15) is 11.8 Å². The molecule has 0 saturated heterocycles. The first-order chi connectivity index (χ1) is 18.6. The van der Waals surface area contributed by atoms with Crippen molar-refractivity contribution in [3.05, 3.63) is 59.7 Å². The van der Waals surface area contributed by atoms with Crippen LogP contribution in [0.2, 0.25) is 0 Å². The second-order valence-corrected chi connectivity index (χ2v) is 11.9. The molecule has 1 unspecified atom stereocenters. The third-order valence-electron chi connectivity index (χ3n) is 6.51. The summed E-state index contributed by atoms with van der Waals surface area (Å²) in [4.78, 5) is 28.1. The Kier molecular flexibility index (Phi) is 11.3. The molecular formula is C29H41N3O6S. The average Bonchev–Trinajstić information content (AvgIpc) is 3.73. The van der Waals surface area contributed by atoms with Crippen LogP contribution in [0.25, 0.3) is 0 Å². The molecule has 2 N–H and O–H groups in total. The first-order valence-corrected chi connectivity index (χ1v) is 15.0. The fraction of sp³-hybridized carbons (Fsp3) is 0.517. The van der Waals surface area contributed by atoms with Crippen LogP contribution in [0.4, 0.5) is 0 Å². The topological polar surface area (TPSA) is 114 Å². The quantitative estimate of drug-likeness (QED) is 0.305. The third kappa shape index (κ3) is 9.94. The zero-order valence-electron chi connectivity index (χ0n) is 23.3. The van der Waals surface area contributed by atoms with Gasteiger partial charge in [-0.1, -0.05) is 24.3 Å². The second kappa shape index (κ2) is 14.4. The first-order valence-electron chi connectivity index (χ1n) is 13.5. The van der Waals surface area contributed by atoms with Crippen LogP contribution in [-0.2, 0) is 37.3 Å². The Morgan fingerprint density at radius 2 is 1.64 bits per heavy atom. The van der Waals surface area contributed by atoms with E-state index in [9.17, 15) is 18.0 Å². The number of carbonyl (C=O) groups excluding carboxylic acids is 2. The normalized spacial score (nSPS) is 14.2. The molecule has 2 aromatic carbocycles. The summed E-state index contributed by atoms with van der Waals surface area (Å²) in [5.41, 5.74) is 1.73. The molecule has 10 heteroatoms. The molecule has 2 amide bonds. The van der Waals surface area contributed by atoms with Crippen LogP contribution < -0.4 is 14.8 Å². The van der Waals surface area contributed by atoms with Crippen LogP contribution in [0.5, 0.6) is 5.75 Å². The van der Waals surface area contributed by atoms with E-state index in [1.165, 1.54) is 0 Å². The minimum atomic E-state index is -3.52. The molecule has 3 rings (SSSR count). The van der Waals surface area contributed by atoms with E-state index < -0.39 is 16.1 Å². The maximum Gasteiger partial charge on any atom is 0.242 e. The lowest BCUT2D eigenvalue weighted by Crippen LogP contribution is -2.48. The number of rotatable bonds is 16. The maximum atomic E-state index is 13.4. The van der Waals surface area contributed by atoms with E-state index >= 15 is 0 Å². The van der Waals surface area contributed by atoms with Gasteiger partial charge >= 0.3 is 0 Å². The molecule has 1 saturated carbocycles. The van der Waals surface area contributed by atoms with E-state index in [2.05, 4.69) is 10.0 Å². The number of hydrogen-bond acceptors (Lipinski definition) is 6. The van der Waals surface area contributed by atoms with Gasteiger partial charge in [0, 0.05) is 32.2 Å². The Morgan fingerprint density at radius 1 is 1.00 bits per heavy atom. The molecule has 9 nitrogen and oxygen atoms in total. The number of methoxy groups -OCH3 is 1. The van der Waals surface area contributed by atoms with Crippen molar-refractivity contribution in [3.8, 4) is 5.75 Å². The van der Waals surface area contributed by atoms with E-state index in [0.29, 0.717) is 31.7 Å². The Hall–Kier alpha value is -2.95. The molecule has 0 aromatic heterocycles. The first kappa shape index (κ1) is 30.6. The van der Waals surface area contributed by atoms with E-state index in [-0.39, 0.29) is 41.8 Å². The molecule has 214 valence electrons. The van der Waals surface area contributed by atoms with Gasteiger partial charge < -0.3 is 19.7 Å². The van der Waals surface area contributed by atoms with Crippen molar-refractivity contribution in [1.29, 1.82) is 0 Å². The zero-order valence-corrected chi connectivity index (χ0v) is 24.1. The highest BCUT2D eigenvalue weighted by molar-refractivity contribution is 7.89. The van der Waals surface area contributed by atoms with Crippen molar-refractivity contribution in [2.45, 2.75) is 82.5 Å². The molecule has 1 aliphatic carbocycles. The number of ether oxygens (including phenoxy) is 2. The summed E-state index contributed by atoms with van der Waals surface area (Å²) in [5.74, 6) is 0.326. The van der Waals surface area contributed by atoms with Gasteiger partial charge in [-0.25, -0.2) is 13.1 Å². The number of aryl methyl sites for hydroxylation is 1. The van der Waals surface area contributed by atoms with E-state index in [0.717, 1.165) is 24.0 Å². The Labute approximate surface area is 232 Å². The van der Waals surface area contributed by atoms with Crippen LogP contribution >= 0.6 is 0 Å². The SMILES string of the molecule is COc1ccc(CN(C(=O)CCc2ccc(S(=O)(=O)NC3CC3)cc2)C(C)C(=O)NCCCOC(C)C)cc1. The minimum absolute atomic E-state index is 0.0385. The van der Waals surface area contributed by atoms with Crippen molar-refractivity contribution in [1.82, 2.24) is 14.9 Å². The highest BCUT2D eigenvalue weighted by Crippen LogP contribution is 2.22. The fourth-order valence-electron chi connectivity index (χ4n) is 3.98. The smallest absolute Gasteiger partial charge is 0.242 e. The predicted molar refractivity (Wildman–Crippen MR) is 150 cm³/mol. The number of nitrogens with zero attached hydrogens (tertiary/aromatic N) is 1. The van der Waals surface area contributed by atoms with Gasteiger partial charge in [0.15, 0.2) is 0 Å². The number of nitrogens with one attached hydrogen (secondary N) is 2. The molecule has 0 spiro atoms. The number of amides is 2. The van der Waals surface area contributed by atoms with Crippen LogP contribution in [0.15, 0.2) is 53.4 Å². The highest BCUT2D eigenvalue weighted by atomic mass is 32.2. The van der Waals surface area contributed by atoms with Gasteiger partial charge in [0.2, 0.25) is 21.8 Å². The Balaban J connectivity index is 1.63. The van der Waals surface area contributed by atoms with Crippen molar-refractivity contribution < 1.29 is 27.5 Å². The average molecular weight is 560 g/mol. The predicted octanol–water partition coefficient (Wildman–Crippen LogP) is 3.42. The van der Waals surface area contributed by atoms with Crippen LogP contribution in [0, 0.1) is 0 Å². The molecule has 0 aliphatic heterocycles. The maximum absolute atomic E-state index is 13.4. The lowest BCUT2D eigenvalue weighted by Gasteiger charge is -2.29. The fourth-order valence-corrected chi connectivity index (χ4v) is 5.28. The van der Waals surface area contributed by atoms with Gasteiger partial charge in [0.25, 0.3) is 0 Å². The number of sulfonamides is 1. The minimum Gasteiger partial charge on any atom is -0.497 e. The summed E-state index contributed by atoms with van der Waals surface area (Å²) in [6, 6.07) is 13.4. The van der Waals surface area contributed by atoms with Gasteiger partial charge in [-0.05, 0) is 81.8 Å². The van der Waals surface area contributed by atoms with Crippen molar-refractivity contribution in [3.63, 3.8) is 0 Å². The molecule has 2 aromatic rings. The number of benzene rings is 2. The Morgan fingerprint density at radius 3 is 2.23 bits per heavy atom. The summed E-state index contributed by atoms with van der Waals surface area (Å²) in [6.45, 7) is 6.95. The molecule has 0 heterocycles. The summed E-state index contributed by atoms with van der Waals surface area (Å²) in [7, 11) is -1.93. The second-order valence-electron chi connectivity index (χ2n) is 10.1. The van der Waals surface area contributed by atoms with Crippen molar-refractivity contribution in [2.24, 2.45) is 0 Å². The molecule has 1 atom stereocenters.